The van der Waals surface area contributed by atoms with Crippen molar-refractivity contribution in [3.8, 4) is 16.9 Å². The summed E-state index contributed by atoms with van der Waals surface area (Å²) in [6.07, 6.45) is 1.78. The van der Waals surface area contributed by atoms with Crippen LogP contribution in [0.15, 0.2) is 42.5 Å². The SMILES string of the molecule is COc1ccc(F)cc1-c1cccc(CC2(C(=O)N[C@@H](C)CO)CCOCC2)c1. The van der Waals surface area contributed by atoms with Crippen molar-refractivity contribution >= 4 is 5.91 Å². The molecule has 1 atom stereocenters. The normalized spacial score (nSPS) is 16.8. The Bertz CT molecular complexity index is 849. The van der Waals surface area contributed by atoms with Gasteiger partial charge in [0.15, 0.2) is 0 Å². The fourth-order valence-corrected chi connectivity index (χ4v) is 3.81. The third-order valence-corrected chi connectivity index (χ3v) is 5.52. The standard InChI is InChI=1S/C23H28FNO4/c1-16(15-26)25-22(27)23(8-10-29-11-9-23)14-17-4-3-5-18(12-17)20-13-19(24)6-7-21(20)28-2/h3-7,12-13,16,26H,8-11,14-15H2,1-2H3,(H,25,27)/t16-/m0/s1. The van der Waals surface area contributed by atoms with E-state index in [1.165, 1.54) is 12.1 Å². The predicted molar refractivity (Wildman–Crippen MR) is 109 cm³/mol. The zero-order valence-corrected chi connectivity index (χ0v) is 16.9. The van der Waals surface area contributed by atoms with E-state index in [4.69, 9.17) is 9.47 Å². The number of hydrogen-bond acceptors (Lipinski definition) is 4. The topological polar surface area (TPSA) is 67.8 Å². The second-order valence-electron chi connectivity index (χ2n) is 7.67. The van der Waals surface area contributed by atoms with Crippen LogP contribution in [0.1, 0.15) is 25.3 Å². The number of halogens is 1. The number of hydrogen-bond donors (Lipinski definition) is 2. The molecule has 1 fully saturated rings. The highest BCUT2D eigenvalue weighted by Gasteiger charge is 2.40. The van der Waals surface area contributed by atoms with Crippen molar-refractivity contribution in [2.24, 2.45) is 5.41 Å². The molecule has 1 aliphatic rings. The summed E-state index contributed by atoms with van der Waals surface area (Å²) in [4.78, 5) is 13.0. The van der Waals surface area contributed by atoms with Gasteiger partial charge in [0, 0.05) is 24.8 Å². The lowest BCUT2D eigenvalue weighted by Crippen LogP contribution is -2.49. The largest absolute Gasteiger partial charge is 0.496 e. The van der Waals surface area contributed by atoms with Gasteiger partial charge in [-0.05, 0) is 55.5 Å². The number of methoxy groups -OCH3 is 1. The van der Waals surface area contributed by atoms with E-state index in [9.17, 15) is 14.3 Å². The summed E-state index contributed by atoms with van der Waals surface area (Å²) in [7, 11) is 1.56. The monoisotopic (exact) mass is 401 g/mol. The lowest BCUT2D eigenvalue weighted by atomic mass is 9.74. The van der Waals surface area contributed by atoms with E-state index in [0.29, 0.717) is 43.8 Å². The number of benzene rings is 2. The number of aliphatic hydroxyl groups excluding tert-OH is 1. The van der Waals surface area contributed by atoms with Crippen molar-refractivity contribution in [3.05, 3.63) is 53.8 Å². The van der Waals surface area contributed by atoms with Gasteiger partial charge in [-0.2, -0.15) is 0 Å². The van der Waals surface area contributed by atoms with E-state index >= 15 is 0 Å². The van der Waals surface area contributed by atoms with Gasteiger partial charge in [-0.15, -0.1) is 0 Å². The second kappa shape index (κ2) is 9.37. The van der Waals surface area contributed by atoms with Crippen molar-refractivity contribution < 1.29 is 23.8 Å². The second-order valence-corrected chi connectivity index (χ2v) is 7.67. The Morgan fingerprint density at radius 2 is 2.03 bits per heavy atom. The van der Waals surface area contributed by atoms with Gasteiger partial charge in [0.05, 0.1) is 19.1 Å². The molecule has 0 radical (unpaired) electrons. The van der Waals surface area contributed by atoms with Crippen molar-refractivity contribution in [3.63, 3.8) is 0 Å². The Labute approximate surface area is 170 Å². The first-order chi connectivity index (χ1) is 14.0. The molecule has 0 spiro atoms. The Hall–Kier alpha value is -2.44. The average Bonchev–Trinajstić information content (AvgIpc) is 2.74. The first-order valence-electron chi connectivity index (χ1n) is 9.90. The fourth-order valence-electron chi connectivity index (χ4n) is 3.81. The summed E-state index contributed by atoms with van der Waals surface area (Å²) in [5.41, 5.74) is 1.91. The smallest absolute Gasteiger partial charge is 0.227 e. The molecule has 6 heteroatoms. The zero-order chi connectivity index (χ0) is 20.9. The third kappa shape index (κ3) is 4.95. The Balaban J connectivity index is 1.91. The quantitative estimate of drug-likeness (QED) is 0.747. The number of amides is 1. The van der Waals surface area contributed by atoms with E-state index in [-0.39, 0.29) is 24.4 Å². The van der Waals surface area contributed by atoms with E-state index in [1.807, 2.05) is 24.3 Å². The Kier molecular flexibility index (Phi) is 6.87. The van der Waals surface area contributed by atoms with Crippen molar-refractivity contribution in [2.75, 3.05) is 26.9 Å². The molecule has 29 heavy (non-hydrogen) atoms. The molecular weight excluding hydrogens is 373 g/mol. The minimum atomic E-state index is -0.591. The molecule has 1 heterocycles. The molecule has 2 N–H and O–H groups in total. The van der Waals surface area contributed by atoms with Gasteiger partial charge in [-0.25, -0.2) is 4.39 Å². The third-order valence-electron chi connectivity index (χ3n) is 5.52. The van der Waals surface area contributed by atoms with E-state index in [0.717, 1.165) is 11.1 Å². The van der Waals surface area contributed by atoms with Crippen LogP contribution in [0.2, 0.25) is 0 Å². The molecule has 1 amide bonds. The molecule has 0 unspecified atom stereocenters. The number of aliphatic hydroxyl groups is 1. The predicted octanol–water partition coefficient (Wildman–Crippen LogP) is 3.34. The highest BCUT2D eigenvalue weighted by atomic mass is 19.1. The van der Waals surface area contributed by atoms with Crippen LogP contribution in [0.3, 0.4) is 0 Å². The molecule has 0 aliphatic carbocycles. The van der Waals surface area contributed by atoms with E-state index in [2.05, 4.69) is 5.32 Å². The van der Waals surface area contributed by atoms with Gasteiger partial charge in [0.25, 0.3) is 0 Å². The Morgan fingerprint density at radius 1 is 1.28 bits per heavy atom. The summed E-state index contributed by atoms with van der Waals surface area (Å²) in [6.45, 7) is 2.73. The average molecular weight is 401 g/mol. The number of carbonyl (C=O) groups excluding carboxylic acids is 1. The van der Waals surface area contributed by atoms with Crippen LogP contribution in [0, 0.1) is 11.2 Å². The number of carbonyl (C=O) groups is 1. The van der Waals surface area contributed by atoms with Crippen LogP contribution in [0.25, 0.3) is 11.1 Å². The molecule has 5 nitrogen and oxygen atoms in total. The maximum Gasteiger partial charge on any atom is 0.227 e. The molecular formula is C23H28FNO4. The molecule has 2 aromatic rings. The van der Waals surface area contributed by atoms with Crippen molar-refractivity contribution in [2.45, 2.75) is 32.2 Å². The number of ether oxygens (including phenoxy) is 2. The lowest BCUT2D eigenvalue weighted by molar-refractivity contribution is -0.137. The molecule has 1 saturated heterocycles. The van der Waals surface area contributed by atoms with E-state index in [1.54, 1.807) is 20.1 Å². The molecule has 156 valence electrons. The van der Waals surface area contributed by atoms with Crippen LogP contribution in [0.4, 0.5) is 4.39 Å². The fraction of sp³-hybridized carbons (Fsp3) is 0.435. The minimum absolute atomic E-state index is 0.0592. The maximum atomic E-state index is 13.8. The van der Waals surface area contributed by atoms with Crippen LogP contribution >= 0.6 is 0 Å². The van der Waals surface area contributed by atoms with Gasteiger partial charge >= 0.3 is 0 Å². The molecule has 0 saturated carbocycles. The Morgan fingerprint density at radius 3 is 2.72 bits per heavy atom. The maximum absolute atomic E-state index is 13.8. The number of nitrogens with one attached hydrogen (secondary N) is 1. The summed E-state index contributed by atoms with van der Waals surface area (Å²) >= 11 is 0. The van der Waals surface area contributed by atoms with Crippen LogP contribution < -0.4 is 10.1 Å². The highest BCUT2D eigenvalue weighted by molar-refractivity contribution is 5.83. The lowest BCUT2D eigenvalue weighted by Gasteiger charge is -2.36. The summed E-state index contributed by atoms with van der Waals surface area (Å²) < 4.78 is 24.7. The van der Waals surface area contributed by atoms with Crippen molar-refractivity contribution in [1.82, 2.24) is 5.32 Å². The van der Waals surface area contributed by atoms with Gasteiger partial charge in [0.2, 0.25) is 5.91 Å². The number of rotatable bonds is 7. The highest BCUT2D eigenvalue weighted by Crippen LogP contribution is 2.37. The zero-order valence-electron chi connectivity index (χ0n) is 16.9. The first kappa shape index (κ1) is 21.3. The molecule has 0 aromatic heterocycles. The molecule has 1 aliphatic heterocycles. The summed E-state index contributed by atoms with van der Waals surface area (Å²) in [5.74, 6) is 0.208. The van der Waals surface area contributed by atoms with Crippen LogP contribution in [-0.4, -0.2) is 44.0 Å². The van der Waals surface area contributed by atoms with Gasteiger partial charge in [-0.3, -0.25) is 4.79 Å². The van der Waals surface area contributed by atoms with Gasteiger partial charge in [-0.1, -0.05) is 24.3 Å². The van der Waals surface area contributed by atoms with Gasteiger partial charge in [0.1, 0.15) is 11.6 Å². The van der Waals surface area contributed by atoms with Crippen LogP contribution in [0.5, 0.6) is 5.75 Å². The molecule has 2 aromatic carbocycles. The minimum Gasteiger partial charge on any atom is -0.496 e. The van der Waals surface area contributed by atoms with Crippen LogP contribution in [-0.2, 0) is 16.0 Å². The molecule has 0 bridgehead atoms. The van der Waals surface area contributed by atoms with E-state index < -0.39 is 5.41 Å². The van der Waals surface area contributed by atoms with Gasteiger partial charge < -0.3 is 19.9 Å². The first-order valence-corrected chi connectivity index (χ1v) is 9.90. The summed E-state index contributed by atoms with van der Waals surface area (Å²) in [5, 5.41) is 12.2. The summed E-state index contributed by atoms with van der Waals surface area (Å²) in [6, 6.07) is 11.9. The molecule has 3 rings (SSSR count). The van der Waals surface area contributed by atoms with Crippen molar-refractivity contribution in [1.29, 1.82) is 0 Å².